The summed E-state index contributed by atoms with van der Waals surface area (Å²) in [6.07, 6.45) is 1.54. The van der Waals surface area contributed by atoms with Gasteiger partial charge in [-0.15, -0.1) is 0 Å². The first-order valence-corrected chi connectivity index (χ1v) is 5.39. The minimum absolute atomic E-state index is 0.0788. The highest BCUT2D eigenvalue weighted by molar-refractivity contribution is 5.92. The Morgan fingerprint density at radius 3 is 2.47 bits per heavy atom. The smallest absolute Gasteiger partial charge is 0.248 e. The van der Waals surface area contributed by atoms with E-state index in [1.807, 2.05) is 0 Å². The number of nitrogens with zero attached hydrogens (tertiary/aromatic N) is 1. The van der Waals surface area contributed by atoms with Crippen LogP contribution in [-0.2, 0) is 6.61 Å². The molecule has 2 rings (SSSR count). The van der Waals surface area contributed by atoms with Crippen LogP contribution in [0.4, 0.5) is 8.78 Å². The second-order valence-corrected chi connectivity index (χ2v) is 3.74. The van der Waals surface area contributed by atoms with Crippen LogP contribution in [-0.4, -0.2) is 10.9 Å². The van der Waals surface area contributed by atoms with Crippen LogP contribution in [0.5, 0.6) is 5.75 Å². The minimum Gasteiger partial charge on any atom is -0.481 e. The van der Waals surface area contributed by atoms with Crippen LogP contribution in [0.1, 0.15) is 16.1 Å². The zero-order chi connectivity index (χ0) is 13.8. The lowest BCUT2D eigenvalue weighted by molar-refractivity contribution is 0.0999. The molecule has 98 valence electrons. The second-order valence-electron chi connectivity index (χ2n) is 3.74. The van der Waals surface area contributed by atoms with E-state index in [9.17, 15) is 13.6 Å². The van der Waals surface area contributed by atoms with Crippen LogP contribution in [0.3, 0.4) is 0 Å². The third-order valence-corrected chi connectivity index (χ3v) is 2.37. The number of halogens is 2. The Hall–Kier alpha value is -2.50. The topological polar surface area (TPSA) is 65.2 Å². The molecule has 0 aliphatic heterocycles. The van der Waals surface area contributed by atoms with E-state index >= 15 is 0 Å². The summed E-state index contributed by atoms with van der Waals surface area (Å²) in [5.74, 6) is -3.43. The van der Waals surface area contributed by atoms with Gasteiger partial charge in [-0.3, -0.25) is 9.78 Å². The number of amides is 1. The fraction of sp³-hybridized carbons (Fsp3) is 0.0769. The van der Waals surface area contributed by atoms with Gasteiger partial charge in [-0.05, 0) is 24.3 Å². The number of nitrogens with two attached hydrogens (primary N) is 1. The van der Waals surface area contributed by atoms with Crippen molar-refractivity contribution in [3.05, 3.63) is 59.4 Å². The highest BCUT2D eigenvalue weighted by Gasteiger charge is 2.15. The number of pyridine rings is 1. The number of primary amides is 1. The second kappa shape index (κ2) is 5.43. The molecule has 0 radical (unpaired) electrons. The molecule has 19 heavy (non-hydrogen) atoms. The molecule has 6 heteroatoms. The monoisotopic (exact) mass is 264 g/mol. The van der Waals surface area contributed by atoms with Crippen molar-refractivity contribution < 1.29 is 18.3 Å². The Balaban J connectivity index is 2.19. The molecule has 1 aromatic heterocycles. The molecular formula is C13H10F2N2O2. The van der Waals surface area contributed by atoms with Gasteiger partial charge in [0.1, 0.15) is 6.61 Å². The molecule has 2 N–H and O–H groups in total. The Bertz CT molecular complexity index is 580. The summed E-state index contributed by atoms with van der Waals surface area (Å²) in [6, 6.07) is 6.77. The van der Waals surface area contributed by atoms with Crippen molar-refractivity contribution >= 4 is 5.91 Å². The molecule has 2 aromatic rings. The zero-order valence-corrected chi connectivity index (χ0v) is 9.77. The fourth-order valence-electron chi connectivity index (χ4n) is 1.47. The highest BCUT2D eigenvalue weighted by atomic mass is 19.1. The average Bonchev–Trinajstić information content (AvgIpc) is 2.38. The van der Waals surface area contributed by atoms with Gasteiger partial charge in [-0.2, -0.15) is 0 Å². The van der Waals surface area contributed by atoms with Crippen LogP contribution < -0.4 is 10.5 Å². The van der Waals surface area contributed by atoms with E-state index in [0.717, 1.165) is 12.1 Å². The first-order valence-electron chi connectivity index (χ1n) is 5.39. The molecule has 0 bridgehead atoms. The van der Waals surface area contributed by atoms with Gasteiger partial charge in [0.25, 0.3) is 0 Å². The molecular weight excluding hydrogens is 254 g/mol. The lowest BCUT2D eigenvalue weighted by Crippen LogP contribution is -2.12. The van der Waals surface area contributed by atoms with Crippen molar-refractivity contribution in [2.45, 2.75) is 6.61 Å². The van der Waals surface area contributed by atoms with E-state index in [2.05, 4.69) is 4.98 Å². The van der Waals surface area contributed by atoms with Crippen molar-refractivity contribution in [1.82, 2.24) is 4.98 Å². The lowest BCUT2D eigenvalue weighted by Gasteiger charge is -2.08. The number of hydrogen-bond acceptors (Lipinski definition) is 3. The summed E-state index contributed by atoms with van der Waals surface area (Å²) in [4.78, 5) is 14.8. The van der Waals surface area contributed by atoms with E-state index in [1.165, 1.54) is 0 Å². The highest BCUT2D eigenvalue weighted by Crippen LogP contribution is 2.24. The number of rotatable bonds is 4. The van der Waals surface area contributed by atoms with Gasteiger partial charge >= 0.3 is 0 Å². The zero-order valence-electron chi connectivity index (χ0n) is 9.77. The van der Waals surface area contributed by atoms with E-state index in [4.69, 9.17) is 10.5 Å². The summed E-state index contributed by atoms with van der Waals surface area (Å²) in [5.41, 5.74) is 5.22. The Labute approximate surface area is 107 Å². The Kier molecular flexibility index (Phi) is 3.70. The molecule has 1 amide bonds. The molecule has 1 aromatic carbocycles. The normalized spacial score (nSPS) is 10.2. The van der Waals surface area contributed by atoms with Gasteiger partial charge in [0, 0.05) is 11.8 Å². The van der Waals surface area contributed by atoms with Gasteiger partial charge in [-0.1, -0.05) is 6.07 Å². The predicted molar refractivity (Wildman–Crippen MR) is 63.4 cm³/mol. The van der Waals surface area contributed by atoms with E-state index < -0.39 is 23.3 Å². The Morgan fingerprint density at radius 2 is 1.95 bits per heavy atom. The standard InChI is InChI=1S/C13H10F2N2O2/c14-10-5-8(13(16)18)6-11(15)12(10)19-7-9-3-1-2-4-17-9/h1-6H,7H2,(H2,16,18). The van der Waals surface area contributed by atoms with Crippen LogP contribution in [0, 0.1) is 11.6 Å². The molecule has 0 unspecified atom stereocenters. The van der Waals surface area contributed by atoms with Crippen LogP contribution in [0.15, 0.2) is 36.5 Å². The van der Waals surface area contributed by atoms with Crippen molar-refractivity contribution in [2.75, 3.05) is 0 Å². The summed E-state index contributed by atoms with van der Waals surface area (Å²) >= 11 is 0. The average molecular weight is 264 g/mol. The first kappa shape index (κ1) is 12.9. The number of carbonyl (C=O) groups excluding carboxylic acids is 1. The minimum atomic E-state index is -0.982. The van der Waals surface area contributed by atoms with Crippen molar-refractivity contribution in [1.29, 1.82) is 0 Å². The van der Waals surface area contributed by atoms with Crippen LogP contribution >= 0.6 is 0 Å². The van der Waals surface area contributed by atoms with Gasteiger partial charge in [-0.25, -0.2) is 8.78 Å². The van der Waals surface area contributed by atoms with Gasteiger partial charge in [0.2, 0.25) is 5.91 Å². The molecule has 0 aliphatic carbocycles. The number of ether oxygens (including phenoxy) is 1. The molecule has 0 atom stereocenters. The van der Waals surface area contributed by atoms with Crippen LogP contribution in [0.2, 0.25) is 0 Å². The van der Waals surface area contributed by atoms with Gasteiger partial charge < -0.3 is 10.5 Å². The quantitative estimate of drug-likeness (QED) is 0.919. The molecule has 0 saturated heterocycles. The predicted octanol–water partition coefficient (Wildman–Crippen LogP) is 2.04. The number of carbonyl (C=O) groups is 1. The van der Waals surface area contributed by atoms with Crippen molar-refractivity contribution in [2.24, 2.45) is 5.73 Å². The van der Waals surface area contributed by atoms with E-state index in [-0.39, 0.29) is 12.2 Å². The fourth-order valence-corrected chi connectivity index (χ4v) is 1.47. The van der Waals surface area contributed by atoms with E-state index in [0.29, 0.717) is 5.69 Å². The molecule has 4 nitrogen and oxygen atoms in total. The maximum Gasteiger partial charge on any atom is 0.248 e. The maximum absolute atomic E-state index is 13.6. The largest absolute Gasteiger partial charge is 0.481 e. The molecule has 0 fully saturated rings. The summed E-state index contributed by atoms with van der Waals surface area (Å²) < 4.78 is 32.2. The van der Waals surface area contributed by atoms with Crippen molar-refractivity contribution in [3.8, 4) is 5.75 Å². The molecule has 1 heterocycles. The molecule has 0 aliphatic rings. The van der Waals surface area contributed by atoms with Crippen LogP contribution in [0.25, 0.3) is 0 Å². The number of benzene rings is 1. The first-order chi connectivity index (χ1) is 9.08. The third kappa shape index (κ3) is 3.04. The molecule has 0 spiro atoms. The third-order valence-electron chi connectivity index (χ3n) is 2.37. The van der Waals surface area contributed by atoms with Gasteiger partial charge in [0.05, 0.1) is 5.69 Å². The SMILES string of the molecule is NC(=O)c1cc(F)c(OCc2ccccn2)c(F)c1. The summed E-state index contributed by atoms with van der Waals surface area (Å²) in [6.45, 7) is -0.0788. The number of aromatic nitrogens is 1. The maximum atomic E-state index is 13.6. The van der Waals surface area contributed by atoms with E-state index in [1.54, 1.807) is 24.4 Å². The summed E-state index contributed by atoms with van der Waals surface area (Å²) in [5, 5.41) is 0. The molecule has 0 saturated carbocycles. The Morgan fingerprint density at radius 1 is 1.26 bits per heavy atom. The van der Waals surface area contributed by atoms with Gasteiger partial charge in [0.15, 0.2) is 17.4 Å². The summed E-state index contributed by atoms with van der Waals surface area (Å²) in [7, 11) is 0. The number of hydrogen-bond donors (Lipinski definition) is 1. The lowest BCUT2D eigenvalue weighted by atomic mass is 10.2. The van der Waals surface area contributed by atoms with Crippen molar-refractivity contribution in [3.63, 3.8) is 0 Å².